The molecule has 4 rings (SSSR count). The summed E-state index contributed by atoms with van der Waals surface area (Å²) in [6.45, 7) is 7.43. The lowest BCUT2D eigenvalue weighted by Crippen LogP contribution is -2.55. The number of aromatic nitrogens is 1. The topological polar surface area (TPSA) is 39.3 Å². The van der Waals surface area contributed by atoms with E-state index in [9.17, 15) is 4.79 Å². The molecule has 25 heavy (non-hydrogen) atoms. The molecule has 1 atom stereocenters. The normalized spacial score (nSPS) is 21.2. The van der Waals surface area contributed by atoms with Crippen LogP contribution in [0.5, 0.6) is 0 Å². The van der Waals surface area contributed by atoms with Gasteiger partial charge in [0.25, 0.3) is 0 Å². The highest BCUT2D eigenvalue weighted by atomic mass is 16.1. The molecule has 1 fully saturated rings. The minimum atomic E-state index is 0.437. The number of nitrogens with one attached hydrogen (secondary N) is 1. The second kappa shape index (κ2) is 7.30. The molecule has 0 aliphatic carbocycles. The number of aromatic amines is 1. The van der Waals surface area contributed by atoms with Gasteiger partial charge in [-0.3, -0.25) is 9.69 Å². The molecule has 3 heterocycles. The summed E-state index contributed by atoms with van der Waals surface area (Å²) in [5.41, 5.74) is 4.18. The van der Waals surface area contributed by atoms with Gasteiger partial charge in [-0.1, -0.05) is 31.5 Å². The SMILES string of the molecule is CCCCC(=O)CCN1CCN2Cc3[nH]c4ccccc4c3CC2C1. The Bertz CT molecular complexity index is 751. The van der Waals surface area contributed by atoms with E-state index in [0.29, 0.717) is 11.8 Å². The number of Topliss-reactive ketones (excluding diaryl/α,β-unsaturated/α-hetero) is 1. The molecule has 1 saturated heterocycles. The Kier molecular flexibility index (Phi) is 4.91. The molecule has 2 aromatic rings. The number of benzene rings is 1. The maximum Gasteiger partial charge on any atom is 0.134 e. The first-order valence-corrected chi connectivity index (χ1v) is 9.81. The molecule has 1 aromatic carbocycles. The lowest BCUT2D eigenvalue weighted by atomic mass is 9.94. The van der Waals surface area contributed by atoms with Gasteiger partial charge in [-0.2, -0.15) is 0 Å². The number of ketones is 1. The minimum absolute atomic E-state index is 0.437. The zero-order valence-corrected chi connectivity index (χ0v) is 15.3. The summed E-state index contributed by atoms with van der Waals surface area (Å²) in [5, 5.41) is 1.39. The lowest BCUT2D eigenvalue weighted by Gasteiger charge is -2.44. The Morgan fingerprint density at radius 2 is 2.12 bits per heavy atom. The Balaban J connectivity index is 1.39. The Morgan fingerprint density at radius 1 is 1.24 bits per heavy atom. The van der Waals surface area contributed by atoms with Gasteiger partial charge in [-0.25, -0.2) is 0 Å². The van der Waals surface area contributed by atoms with Crippen molar-refractivity contribution in [3.8, 4) is 0 Å². The fourth-order valence-corrected chi connectivity index (χ4v) is 4.41. The zero-order valence-electron chi connectivity index (χ0n) is 15.3. The highest BCUT2D eigenvalue weighted by Gasteiger charge is 2.33. The first-order chi connectivity index (χ1) is 12.2. The van der Waals surface area contributed by atoms with Crippen LogP contribution in [-0.2, 0) is 17.8 Å². The van der Waals surface area contributed by atoms with Crippen LogP contribution in [0.2, 0.25) is 0 Å². The maximum atomic E-state index is 12.0. The van der Waals surface area contributed by atoms with E-state index in [1.165, 1.54) is 22.2 Å². The van der Waals surface area contributed by atoms with Gasteiger partial charge in [0.15, 0.2) is 0 Å². The number of rotatable bonds is 6. The smallest absolute Gasteiger partial charge is 0.134 e. The van der Waals surface area contributed by atoms with Crippen molar-refractivity contribution in [3.05, 3.63) is 35.5 Å². The Morgan fingerprint density at radius 3 is 3.00 bits per heavy atom. The summed E-state index contributed by atoms with van der Waals surface area (Å²) in [6.07, 6.45) is 4.77. The average molecular weight is 339 g/mol. The first-order valence-electron chi connectivity index (χ1n) is 9.81. The second-order valence-corrected chi connectivity index (χ2v) is 7.65. The zero-order chi connectivity index (χ0) is 17.2. The van der Waals surface area contributed by atoms with E-state index in [4.69, 9.17) is 0 Å². The van der Waals surface area contributed by atoms with E-state index in [2.05, 4.69) is 46.0 Å². The van der Waals surface area contributed by atoms with Gasteiger partial charge < -0.3 is 9.88 Å². The summed E-state index contributed by atoms with van der Waals surface area (Å²) >= 11 is 0. The number of hydrogen-bond acceptors (Lipinski definition) is 3. The highest BCUT2D eigenvalue weighted by Crippen LogP contribution is 2.31. The van der Waals surface area contributed by atoms with Crippen molar-refractivity contribution in [2.75, 3.05) is 26.2 Å². The molecule has 1 unspecified atom stereocenters. The van der Waals surface area contributed by atoms with Gasteiger partial charge in [-0.15, -0.1) is 0 Å². The number of nitrogens with zero attached hydrogens (tertiary/aromatic N) is 2. The van der Waals surface area contributed by atoms with Crippen molar-refractivity contribution in [2.45, 2.75) is 51.6 Å². The van der Waals surface area contributed by atoms with E-state index in [-0.39, 0.29) is 0 Å². The molecule has 0 bridgehead atoms. The summed E-state index contributed by atoms with van der Waals surface area (Å²) < 4.78 is 0. The largest absolute Gasteiger partial charge is 0.357 e. The number of carbonyl (C=O) groups is 1. The molecule has 0 spiro atoms. The molecule has 2 aliphatic heterocycles. The molecule has 0 amide bonds. The minimum Gasteiger partial charge on any atom is -0.357 e. The predicted molar refractivity (Wildman–Crippen MR) is 102 cm³/mol. The lowest BCUT2D eigenvalue weighted by molar-refractivity contribution is -0.119. The standard InChI is InChI=1S/C21H29N3O/c1-2-3-6-17(25)9-10-23-11-12-24-15-21-19(13-16(24)14-23)18-7-4-5-8-20(18)22-21/h4-5,7-8,16,22H,2-3,6,9-15H2,1H3. The molecule has 4 heteroatoms. The molecule has 1 aromatic heterocycles. The fraction of sp³-hybridized carbons (Fsp3) is 0.571. The summed E-state index contributed by atoms with van der Waals surface area (Å²) in [7, 11) is 0. The van der Waals surface area contributed by atoms with E-state index in [1.54, 1.807) is 0 Å². The van der Waals surface area contributed by atoms with Gasteiger partial charge in [0, 0.05) is 68.2 Å². The third-order valence-electron chi connectivity index (χ3n) is 5.91. The van der Waals surface area contributed by atoms with Crippen molar-refractivity contribution in [1.82, 2.24) is 14.8 Å². The Hall–Kier alpha value is -1.65. The van der Waals surface area contributed by atoms with Crippen molar-refractivity contribution >= 4 is 16.7 Å². The van der Waals surface area contributed by atoms with Crippen LogP contribution < -0.4 is 0 Å². The molecular formula is C21H29N3O. The summed E-state index contributed by atoms with van der Waals surface area (Å²) in [6, 6.07) is 9.26. The molecule has 2 aliphatic rings. The van der Waals surface area contributed by atoms with Crippen LogP contribution in [0.1, 0.15) is 43.9 Å². The van der Waals surface area contributed by atoms with E-state index in [0.717, 1.165) is 64.8 Å². The number of hydrogen-bond donors (Lipinski definition) is 1. The van der Waals surface area contributed by atoms with Crippen molar-refractivity contribution < 1.29 is 4.79 Å². The first kappa shape index (κ1) is 16.8. The number of unbranched alkanes of at least 4 members (excludes halogenated alkanes) is 1. The van der Waals surface area contributed by atoms with Crippen molar-refractivity contribution in [3.63, 3.8) is 0 Å². The van der Waals surface area contributed by atoms with Crippen LogP contribution in [0.15, 0.2) is 24.3 Å². The molecule has 134 valence electrons. The third-order valence-corrected chi connectivity index (χ3v) is 5.91. The second-order valence-electron chi connectivity index (χ2n) is 7.65. The van der Waals surface area contributed by atoms with Crippen molar-refractivity contribution in [1.29, 1.82) is 0 Å². The van der Waals surface area contributed by atoms with Gasteiger partial charge >= 0.3 is 0 Å². The number of H-pyrrole nitrogens is 1. The average Bonchev–Trinajstić information content (AvgIpc) is 3.00. The predicted octanol–water partition coefficient (Wildman–Crippen LogP) is 3.36. The maximum absolute atomic E-state index is 12.0. The van der Waals surface area contributed by atoms with Crippen LogP contribution in [0, 0.1) is 0 Å². The van der Waals surface area contributed by atoms with Crippen LogP contribution in [0.4, 0.5) is 0 Å². The molecular weight excluding hydrogens is 310 g/mol. The fourth-order valence-electron chi connectivity index (χ4n) is 4.41. The Labute approximate surface area is 150 Å². The summed E-state index contributed by atoms with van der Waals surface area (Å²) in [5.74, 6) is 0.437. The number of para-hydroxylation sites is 1. The van der Waals surface area contributed by atoms with E-state index < -0.39 is 0 Å². The molecule has 0 radical (unpaired) electrons. The van der Waals surface area contributed by atoms with E-state index in [1.807, 2.05) is 0 Å². The summed E-state index contributed by atoms with van der Waals surface area (Å²) in [4.78, 5) is 20.7. The van der Waals surface area contributed by atoms with Gasteiger partial charge in [-0.05, 0) is 24.5 Å². The van der Waals surface area contributed by atoms with Gasteiger partial charge in [0.05, 0.1) is 0 Å². The number of piperazine rings is 1. The van der Waals surface area contributed by atoms with Gasteiger partial charge in [0.1, 0.15) is 5.78 Å². The number of fused-ring (bicyclic) bond motifs is 4. The third kappa shape index (κ3) is 3.51. The molecule has 0 saturated carbocycles. The van der Waals surface area contributed by atoms with Crippen LogP contribution >= 0.6 is 0 Å². The van der Waals surface area contributed by atoms with Crippen LogP contribution in [0.3, 0.4) is 0 Å². The monoisotopic (exact) mass is 339 g/mol. The highest BCUT2D eigenvalue weighted by molar-refractivity contribution is 5.85. The van der Waals surface area contributed by atoms with Crippen molar-refractivity contribution in [2.24, 2.45) is 0 Å². The molecule has 1 N–H and O–H groups in total. The van der Waals surface area contributed by atoms with E-state index >= 15 is 0 Å². The van der Waals surface area contributed by atoms with Crippen LogP contribution in [0.25, 0.3) is 10.9 Å². The number of carbonyl (C=O) groups excluding carboxylic acids is 1. The molecule has 4 nitrogen and oxygen atoms in total. The van der Waals surface area contributed by atoms with Crippen LogP contribution in [-0.4, -0.2) is 52.8 Å². The van der Waals surface area contributed by atoms with Gasteiger partial charge in [0.2, 0.25) is 0 Å². The quantitative estimate of drug-likeness (QED) is 0.877.